The molecule has 0 unspecified atom stereocenters. The number of fused-ring (bicyclic) bond motifs is 1. The van der Waals surface area contributed by atoms with Gasteiger partial charge in [0.2, 0.25) is 0 Å². The van der Waals surface area contributed by atoms with E-state index < -0.39 is 12.0 Å². The number of ether oxygens (including phenoxy) is 3. The molecule has 0 atom stereocenters. The van der Waals surface area contributed by atoms with Gasteiger partial charge in [0.15, 0.2) is 6.61 Å². The van der Waals surface area contributed by atoms with Gasteiger partial charge in [0.05, 0.1) is 24.9 Å². The number of hydrogen-bond donors (Lipinski definition) is 2. The molecular formula is C28H27N3O5. The van der Waals surface area contributed by atoms with Crippen LogP contribution in [0, 0.1) is 6.92 Å². The van der Waals surface area contributed by atoms with Gasteiger partial charge in [-0.25, -0.2) is 14.6 Å². The minimum Gasteiger partial charge on any atom is -0.494 e. The van der Waals surface area contributed by atoms with E-state index in [4.69, 9.17) is 19.2 Å². The number of esters is 1. The summed E-state index contributed by atoms with van der Waals surface area (Å²) in [5, 5.41) is 6.26. The van der Waals surface area contributed by atoms with Gasteiger partial charge in [-0.2, -0.15) is 0 Å². The first-order valence-corrected chi connectivity index (χ1v) is 11.5. The summed E-state index contributed by atoms with van der Waals surface area (Å²) in [4.78, 5) is 29.1. The zero-order valence-corrected chi connectivity index (χ0v) is 20.3. The third-order valence-electron chi connectivity index (χ3n) is 5.37. The van der Waals surface area contributed by atoms with Crippen molar-refractivity contribution >= 4 is 34.3 Å². The lowest BCUT2D eigenvalue weighted by Gasteiger charge is -2.13. The lowest BCUT2D eigenvalue weighted by Crippen LogP contribution is -2.19. The lowest BCUT2D eigenvalue weighted by molar-refractivity contribution is -0.142. The quantitative estimate of drug-likeness (QED) is 0.306. The van der Waals surface area contributed by atoms with Gasteiger partial charge in [-0.15, -0.1) is 0 Å². The van der Waals surface area contributed by atoms with Crippen LogP contribution in [0.25, 0.3) is 22.2 Å². The molecule has 0 aliphatic heterocycles. The van der Waals surface area contributed by atoms with Gasteiger partial charge in [-0.3, -0.25) is 0 Å². The number of methoxy groups -OCH3 is 1. The smallest absolute Gasteiger partial charge is 0.343 e. The number of nitrogens with one attached hydrogen (secondary N) is 2. The molecule has 4 aromatic rings. The van der Waals surface area contributed by atoms with Crippen LogP contribution in [-0.2, 0) is 9.53 Å². The van der Waals surface area contributed by atoms with Crippen molar-refractivity contribution in [2.24, 2.45) is 0 Å². The van der Waals surface area contributed by atoms with Crippen molar-refractivity contribution < 1.29 is 23.8 Å². The van der Waals surface area contributed by atoms with Gasteiger partial charge in [0.25, 0.3) is 0 Å². The maximum Gasteiger partial charge on any atom is 0.343 e. The number of hydrogen-bond acceptors (Lipinski definition) is 6. The Morgan fingerprint density at radius 3 is 2.25 bits per heavy atom. The van der Waals surface area contributed by atoms with Crippen LogP contribution >= 0.6 is 0 Å². The monoisotopic (exact) mass is 485 g/mol. The van der Waals surface area contributed by atoms with E-state index in [9.17, 15) is 9.59 Å². The first kappa shape index (κ1) is 24.5. The number of carbonyl (C=O) groups excluding carboxylic acids is 2. The molecule has 36 heavy (non-hydrogen) atoms. The minimum atomic E-state index is -0.499. The maximum atomic E-state index is 12.6. The molecule has 1 heterocycles. The van der Waals surface area contributed by atoms with E-state index in [1.807, 2.05) is 38.1 Å². The molecule has 0 saturated carbocycles. The number of rotatable bonds is 8. The number of anilines is 2. The van der Waals surface area contributed by atoms with E-state index in [1.165, 1.54) is 7.11 Å². The molecule has 4 rings (SSSR count). The number of benzene rings is 3. The molecule has 2 amide bonds. The van der Waals surface area contributed by atoms with E-state index in [-0.39, 0.29) is 6.61 Å². The second kappa shape index (κ2) is 11.2. The fraction of sp³-hybridized carbons (Fsp3) is 0.179. The standard InChI is InChI=1S/C28H27N3O5/c1-4-35-22-12-9-20(10-13-22)29-28(33)30-21-11-14-24-23(15-21)26(36-17-27(32)34-3)16-25(31-24)19-7-5-18(2)6-8-19/h5-16H,4,17H2,1-3H3,(H2,29,30,33). The van der Waals surface area contributed by atoms with Gasteiger partial charge in [0, 0.05) is 28.4 Å². The summed E-state index contributed by atoms with van der Waals surface area (Å²) in [6, 6.07) is 21.8. The summed E-state index contributed by atoms with van der Waals surface area (Å²) in [6.45, 7) is 4.25. The fourth-order valence-corrected chi connectivity index (χ4v) is 3.55. The Balaban J connectivity index is 1.59. The third kappa shape index (κ3) is 6.09. The minimum absolute atomic E-state index is 0.251. The average molecular weight is 486 g/mol. The molecule has 0 aliphatic rings. The molecule has 8 heteroatoms. The van der Waals surface area contributed by atoms with Crippen molar-refractivity contribution in [3.63, 3.8) is 0 Å². The Morgan fingerprint density at radius 1 is 0.861 bits per heavy atom. The number of aryl methyl sites for hydroxylation is 1. The van der Waals surface area contributed by atoms with Crippen LogP contribution in [0.15, 0.2) is 72.8 Å². The summed E-state index contributed by atoms with van der Waals surface area (Å²) in [7, 11) is 1.30. The molecule has 184 valence electrons. The zero-order valence-electron chi connectivity index (χ0n) is 20.3. The van der Waals surface area contributed by atoms with E-state index >= 15 is 0 Å². The highest BCUT2D eigenvalue weighted by molar-refractivity contribution is 6.01. The topological polar surface area (TPSA) is 98.8 Å². The van der Waals surface area contributed by atoms with Crippen molar-refractivity contribution in [3.05, 3.63) is 78.4 Å². The first-order chi connectivity index (χ1) is 17.4. The van der Waals surface area contributed by atoms with Gasteiger partial charge in [0.1, 0.15) is 11.5 Å². The molecule has 0 spiro atoms. The van der Waals surface area contributed by atoms with Crippen LogP contribution < -0.4 is 20.1 Å². The van der Waals surface area contributed by atoms with Crippen LogP contribution in [-0.4, -0.2) is 37.3 Å². The molecule has 8 nitrogen and oxygen atoms in total. The number of pyridine rings is 1. The highest BCUT2D eigenvalue weighted by Crippen LogP contribution is 2.32. The zero-order chi connectivity index (χ0) is 25.5. The van der Waals surface area contributed by atoms with Gasteiger partial charge in [-0.05, 0) is 56.3 Å². The van der Waals surface area contributed by atoms with Crippen molar-refractivity contribution in [2.75, 3.05) is 31.0 Å². The van der Waals surface area contributed by atoms with Crippen molar-refractivity contribution in [1.29, 1.82) is 0 Å². The predicted molar refractivity (Wildman–Crippen MR) is 140 cm³/mol. The van der Waals surface area contributed by atoms with E-state index in [0.717, 1.165) is 16.9 Å². The number of nitrogens with zero attached hydrogens (tertiary/aromatic N) is 1. The van der Waals surface area contributed by atoms with Gasteiger partial charge in [-0.1, -0.05) is 29.8 Å². The SMILES string of the molecule is CCOc1ccc(NC(=O)Nc2ccc3nc(-c4ccc(C)cc4)cc(OCC(=O)OC)c3c2)cc1. The van der Waals surface area contributed by atoms with Crippen molar-refractivity contribution in [2.45, 2.75) is 13.8 Å². The molecule has 3 aromatic carbocycles. The van der Waals surface area contributed by atoms with Crippen LogP contribution in [0.2, 0.25) is 0 Å². The third-order valence-corrected chi connectivity index (χ3v) is 5.37. The Labute approximate surface area is 209 Å². The van der Waals surface area contributed by atoms with Crippen LogP contribution in [0.4, 0.5) is 16.2 Å². The van der Waals surface area contributed by atoms with Crippen LogP contribution in [0.1, 0.15) is 12.5 Å². The predicted octanol–water partition coefficient (Wildman–Crippen LogP) is 5.80. The Bertz CT molecular complexity index is 1370. The van der Waals surface area contributed by atoms with Crippen molar-refractivity contribution in [1.82, 2.24) is 4.98 Å². The lowest BCUT2D eigenvalue weighted by atomic mass is 10.1. The number of urea groups is 1. The Kier molecular flexibility index (Phi) is 7.65. The molecule has 0 fully saturated rings. The average Bonchev–Trinajstić information content (AvgIpc) is 2.88. The molecule has 0 radical (unpaired) electrons. The second-order valence-corrected chi connectivity index (χ2v) is 8.00. The molecular weight excluding hydrogens is 458 g/mol. The van der Waals surface area contributed by atoms with Gasteiger partial charge < -0.3 is 24.8 Å². The van der Waals surface area contributed by atoms with Crippen molar-refractivity contribution in [3.8, 4) is 22.8 Å². The van der Waals surface area contributed by atoms with E-state index in [1.54, 1.807) is 48.5 Å². The summed E-state index contributed by atoms with van der Waals surface area (Å²) in [5.41, 5.74) is 4.59. The summed E-state index contributed by atoms with van der Waals surface area (Å²) >= 11 is 0. The summed E-state index contributed by atoms with van der Waals surface area (Å²) < 4.78 is 15.9. The molecule has 2 N–H and O–H groups in total. The van der Waals surface area contributed by atoms with Crippen LogP contribution in [0.3, 0.4) is 0 Å². The largest absolute Gasteiger partial charge is 0.494 e. The summed E-state index contributed by atoms with van der Waals surface area (Å²) in [5.74, 6) is 0.687. The fourth-order valence-electron chi connectivity index (χ4n) is 3.55. The van der Waals surface area contributed by atoms with Gasteiger partial charge >= 0.3 is 12.0 Å². The highest BCUT2D eigenvalue weighted by atomic mass is 16.6. The maximum absolute atomic E-state index is 12.6. The first-order valence-electron chi connectivity index (χ1n) is 11.5. The normalized spacial score (nSPS) is 10.5. The molecule has 0 saturated heterocycles. The number of amides is 2. The summed E-state index contributed by atoms with van der Waals surface area (Å²) in [6.07, 6.45) is 0. The highest BCUT2D eigenvalue weighted by Gasteiger charge is 2.13. The Morgan fingerprint density at radius 2 is 1.56 bits per heavy atom. The number of aromatic nitrogens is 1. The van der Waals surface area contributed by atoms with E-state index in [2.05, 4.69) is 10.6 Å². The molecule has 0 aliphatic carbocycles. The Hall–Kier alpha value is -4.59. The molecule has 0 bridgehead atoms. The second-order valence-electron chi connectivity index (χ2n) is 8.00. The van der Waals surface area contributed by atoms with E-state index in [0.29, 0.717) is 40.3 Å². The number of carbonyl (C=O) groups is 2. The molecule has 1 aromatic heterocycles. The van der Waals surface area contributed by atoms with Crippen LogP contribution in [0.5, 0.6) is 11.5 Å².